The third-order valence-electron chi connectivity index (χ3n) is 5.56. The highest BCUT2D eigenvalue weighted by atomic mass is 35.5. The normalized spacial score (nSPS) is 19.3. The molecule has 1 saturated heterocycles. The van der Waals surface area contributed by atoms with E-state index in [1.807, 2.05) is 6.07 Å². The number of hydrogen-bond acceptors (Lipinski definition) is 3. The van der Waals surface area contributed by atoms with Gasteiger partial charge in [0.05, 0.1) is 6.04 Å². The second-order valence-electron chi connectivity index (χ2n) is 7.35. The van der Waals surface area contributed by atoms with Gasteiger partial charge in [0.25, 0.3) is 11.5 Å². The summed E-state index contributed by atoms with van der Waals surface area (Å²) in [4.78, 5) is 30.5. The molecule has 0 bridgehead atoms. The number of fused-ring (bicyclic) bond motifs is 1. The van der Waals surface area contributed by atoms with Crippen LogP contribution in [0.4, 0.5) is 4.39 Å². The van der Waals surface area contributed by atoms with Crippen LogP contribution in [0.3, 0.4) is 0 Å². The van der Waals surface area contributed by atoms with Gasteiger partial charge in [-0.3, -0.25) is 9.59 Å². The number of aromatic nitrogens is 1. The molecule has 150 valence electrons. The monoisotopic (exact) mass is 405 g/mol. The van der Waals surface area contributed by atoms with E-state index >= 15 is 0 Å². The van der Waals surface area contributed by atoms with Crippen molar-refractivity contribution >= 4 is 18.3 Å². The third-order valence-corrected chi connectivity index (χ3v) is 5.56. The third kappa shape index (κ3) is 4.13. The minimum Gasteiger partial charge on any atom is -0.329 e. The predicted octanol–water partition coefficient (Wildman–Crippen LogP) is 2.99. The number of carbonyl (C=O) groups excluding carboxylic acids is 1. The molecular formula is C21H25ClFN3O2. The molecule has 1 atom stereocenters. The zero-order chi connectivity index (χ0) is 18.8. The van der Waals surface area contributed by atoms with Gasteiger partial charge in [-0.05, 0) is 55.0 Å². The number of benzene rings is 1. The van der Waals surface area contributed by atoms with Crippen molar-refractivity contribution in [1.29, 1.82) is 0 Å². The maximum Gasteiger partial charge on any atom is 0.261 e. The molecule has 7 heteroatoms. The fourth-order valence-electron chi connectivity index (χ4n) is 4.12. The number of nitrogens with one attached hydrogen (secondary N) is 2. The first-order valence-corrected chi connectivity index (χ1v) is 9.66. The summed E-state index contributed by atoms with van der Waals surface area (Å²) >= 11 is 0. The molecule has 1 unspecified atom stereocenters. The highest BCUT2D eigenvalue weighted by Crippen LogP contribution is 2.25. The quantitative estimate of drug-likeness (QED) is 0.755. The summed E-state index contributed by atoms with van der Waals surface area (Å²) in [5.41, 5.74) is 2.65. The van der Waals surface area contributed by atoms with E-state index in [2.05, 4.69) is 10.3 Å². The lowest BCUT2D eigenvalue weighted by Gasteiger charge is -2.36. The number of aryl methyl sites for hydroxylation is 2. The largest absolute Gasteiger partial charge is 0.329 e. The van der Waals surface area contributed by atoms with Crippen LogP contribution in [0.5, 0.6) is 0 Å². The Hall–Kier alpha value is -2.18. The van der Waals surface area contributed by atoms with Crippen LogP contribution in [0.25, 0.3) is 0 Å². The standard InChI is InChI=1S/C21H24FN3O2.ClH/c22-16-7-4-6-15(11-16)19-13-23-9-10-25(19)21(27)17-12-14-5-2-1-3-8-18(14)24-20(17)26;/h4,6-7,11-12,19,23H,1-3,5,8-10,13H2,(H,24,26);1H. The van der Waals surface area contributed by atoms with Crippen LogP contribution >= 0.6 is 12.4 Å². The fraction of sp³-hybridized carbons (Fsp3) is 0.429. The molecular weight excluding hydrogens is 381 g/mol. The number of hydrogen-bond donors (Lipinski definition) is 2. The van der Waals surface area contributed by atoms with E-state index in [0.717, 1.165) is 48.9 Å². The number of amides is 1. The van der Waals surface area contributed by atoms with E-state index in [1.54, 1.807) is 17.0 Å². The molecule has 0 spiro atoms. The second kappa shape index (κ2) is 8.88. The molecule has 1 aromatic carbocycles. The number of nitrogens with zero attached hydrogens (tertiary/aromatic N) is 1. The molecule has 4 rings (SSSR count). The van der Waals surface area contributed by atoms with Crippen molar-refractivity contribution in [3.05, 3.63) is 68.9 Å². The molecule has 1 aromatic heterocycles. The molecule has 1 fully saturated rings. The summed E-state index contributed by atoms with van der Waals surface area (Å²) in [5.74, 6) is -0.604. The summed E-state index contributed by atoms with van der Waals surface area (Å²) < 4.78 is 13.7. The second-order valence-corrected chi connectivity index (χ2v) is 7.35. The van der Waals surface area contributed by atoms with E-state index in [4.69, 9.17) is 0 Å². The number of H-pyrrole nitrogens is 1. The van der Waals surface area contributed by atoms with Crippen molar-refractivity contribution in [3.8, 4) is 0 Å². The molecule has 5 nitrogen and oxygen atoms in total. The maximum atomic E-state index is 13.7. The van der Waals surface area contributed by atoms with E-state index in [0.29, 0.717) is 19.6 Å². The molecule has 28 heavy (non-hydrogen) atoms. The van der Waals surface area contributed by atoms with Gasteiger partial charge in [-0.15, -0.1) is 12.4 Å². The van der Waals surface area contributed by atoms with Gasteiger partial charge in [0.1, 0.15) is 11.4 Å². The van der Waals surface area contributed by atoms with Crippen molar-refractivity contribution in [2.24, 2.45) is 0 Å². The van der Waals surface area contributed by atoms with Gasteiger partial charge in [0, 0.05) is 25.3 Å². The van der Waals surface area contributed by atoms with Crippen LogP contribution in [0, 0.1) is 5.82 Å². The Morgan fingerprint density at radius 1 is 1.14 bits per heavy atom. The van der Waals surface area contributed by atoms with Crippen LogP contribution in [0.1, 0.15) is 52.5 Å². The summed E-state index contributed by atoms with van der Waals surface area (Å²) in [6.45, 7) is 1.68. The van der Waals surface area contributed by atoms with Gasteiger partial charge >= 0.3 is 0 Å². The first-order valence-electron chi connectivity index (χ1n) is 9.66. The van der Waals surface area contributed by atoms with Gasteiger partial charge < -0.3 is 15.2 Å². The van der Waals surface area contributed by atoms with Crippen molar-refractivity contribution in [2.45, 2.75) is 38.1 Å². The summed E-state index contributed by atoms with van der Waals surface area (Å²) in [7, 11) is 0. The Bertz CT molecular complexity index is 915. The summed E-state index contributed by atoms with van der Waals surface area (Å²) in [6.07, 6.45) is 5.03. The first-order chi connectivity index (χ1) is 13.1. The lowest BCUT2D eigenvalue weighted by atomic mass is 10.0. The number of halogens is 2. The first kappa shape index (κ1) is 20.6. The van der Waals surface area contributed by atoms with Crippen LogP contribution in [0.15, 0.2) is 35.1 Å². The van der Waals surface area contributed by atoms with E-state index < -0.39 is 0 Å². The molecule has 1 amide bonds. The van der Waals surface area contributed by atoms with Crippen molar-refractivity contribution in [3.63, 3.8) is 0 Å². The van der Waals surface area contributed by atoms with Crippen LogP contribution in [0.2, 0.25) is 0 Å². The van der Waals surface area contributed by atoms with Gasteiger partial charge in [-0.1, -0.05) is 18.6 Å². The smallest absolute Gasteiger partial charge is 0.261 e. The zero-order valence-electron chi connectivity index (χ0n) is 15.7. The number of piperazine rings is 1. The lowest BCUT2D eigenvalue weighted by Crippen LogP contribution is -2.49. The lowest BCUT2D eigenvalue weighted by molar-refractivity contribution is 0.0632. The topological polar surface area (TPSA) is 65.2 Å². The van der Waals surface area contributed by atoms with E-state index in [9.17, 15) is 14.0 Å². The molecule has 2 heterocycles. The summed E-state index contributed by atoms with van der Waals surface area (Å²) in [5, 5.41) is 3.26. The van der Waals surface area contributed by atoms with Gasteiger partial charge in [0.2, 0.25) is 0 Å². The Balaban J connectivity index is 0.00000225. The molecule has 2 aliphatic rings. The Kier molecular flexibility index (Phi) is 6.52. The summed E-state index contributed by atoms with van der Waals surface area (Å²) in [6, 6.07) is 7.81. The number of aromatic amines is 1. The molecule has 1 aliphatic carbocycles. The minimum absolute atomic E-state index is 0. The molecule has 2 N–H and O–H groups in total. The van der Waals surface area contributed by atoms with E-state index in [1.165, 1.54) is 12.1 Å². The predicted molar refractivity (Wildman–Crippen MR) is 109 cm³/mol. The van der Waals surface area contributed by atoms with Crippen molar-refractivity contribution in [1.82, 2.24) is 15.2 Å². The van der Waals surface area contributed by atoms with Crippen LogP contribution in [-0.2, 0) is 12.8 Å². The van der Waals surface area contributed by atoms with Crippen LogP contribution < -0.4 is 10.9 Å². The number of carbonyl (C=O) groups is 1. The van der Waals surface area contributed by atoms with Gasteiger partial charge in [0.15, 0.2) is 0 Å². The molecule has 2 aromatic rings. The average Bonchev–Trinajstić information content (AvgIpc) is 2.91. The Morgan fingerprint density at radius 3 is 2.79 bits per heavy atom. The van der Waals surface area contributed by atoms with Crippen LogP contribution in [-0.4, -0.2) is 35.4 Å². The average molecular weight is 406 g/mol. The molecule has 0 saturated carbocycles. The minimum atomic E-state index is -0.326. The Labute approximate surface area is 169 Å². The highest BCUT2D eigenvalue weighted by Gasteiger charge is 2.30. The zero-order valence-corrected chi connectivity index (χ0v) is 16.5. The van der Waals surface area contributed by atoms with E-state index in [-0.39, 0.29) is 41.3 Å². The molecule has 0 radical (unpaired) electrons. The van der Waals surface area contributed by atoms with Crippen molar-refractivity contribution < 1.29 is 9.18 Å². The Morgan fingerprint density at radius 2 is 1.96 bits per heavy atom. The highest BCUT2D eigenvalue weighted by molar-refractivity contribution is 5.94. The van der Waals surface area contributed by atoms with Crippen molar-refractivity contribution in [2.75, 3.05) is 19.6 Å². The number of pyridine rings is 1. The fourth-order valence-corrected chi connectivity index (χ4v) is 4.12. The maximum absolute atomic E-state index is 13.7. The SMILES string of the molecule is Cl.O=C(c1cc2c([nH]c1=O)CCCCC2)N1CCNCC1c1cccc(F)c1. The number of rotatable bonds is 2. The van der Waals surface area contributed by atoms with Gasteiger partial charge in [-0.2, -0.15) is 0 Å². The molecule has 1 aliphatic heterocycles. The van der Waals surface area contributed by atoms with Gasteiger partial charge in [-0.25, -0.2) is 4.39 Å².